The molecule has 138 valence electrons. The molecule has 1 saturated heterocycles. The van der Waals surface area contributed by atoms with Gasteiger partial charge in [-0.25, -0.2) is 18.0 Å². The lowest BCUT2D eigenvalue weighted by atomic mass is 10.2. The predicted molar refractivity (Wildman–Crippen MR) is 87.9 cm³/mol. The molecular weight excluding hydrogens is 350 g/mol. The maximum absolute atomic E-state index is 12.8. The highest BCUT2D eigenvalue weighted by molar-refractivity contribution is 7.89. The molecule has 0 aliphatic carbocycles. The van der Waals surface area contributed by atoms with Crippen LogP contribution in [0.25, 0.3) is 0 Å². The second kappa shape index (κ2) is 7.83. The number of carbonyl (C=O) groups is 2. The minimum Gasteiger partial charge on any atom is -0.495 e. The molecule has 1 aromatic rings. The number of rotatable bonds is 6. The van der Waals surface area contributed by atoms with Crippen molar-refractivity contribution >= 4 is 22.0 Å². The van der Waals surface area contributed by atoms with E-state index in [1.54, 1.807) is 0 Å². The highest BCUT2D eigenvalue weighted by Crippen LogP contribution is 2.30. The van der Waals surface area contributed by atoms with Gasteiger partial charge in [-0.15, -0.1) is 0 Å². The van der Waals surface area contributed by atoms with Crippen LogP contribution in [0, 0.1) is 0 Å². The molecule has 1 atom stereocenters. The molecule has 0 N–H and O–H groups in total. The third kappa shape index (κ3) is 4.10. The smallest absolute Gasteiger partial charge is 0.346 e. The van der Waals surface area contributed by atoms with Crippen LogP contribution < -0.4 is 4.74 Å². The summed E-state index contributed by atoms with van der Waals surface area (Å²) in [6.07, 6.45) is 0.484. The zero-order valence-electron chi connectivity index (χ0n) is 14.4. The van der Waals surface area contributed by atoms with Crippen LogP contribution in [0.2, 0.25) is 0 Å². The Morgan fingerprint density at radius 2 is 1.80 bits per heavy atom. The van der Waals surface area contributed by atoms with E-state index in [1.807, 2.05) is 0 Å². The molecule has 0 saturated carbocycles. The van der Waals surface area contributed by atoms with Crippen molar-refractivity contribution in [2.75, 3.05) is 27.3 Å². The van der Waals surface area contributed by atoms with Crippen molar-refractivity contribution in [2.45, 2.75) is 30.8 Å². The molecule has 25 heavy (non-hydrogen) atoms. The summed E-state index contributed by atoms with van der Waals surface area (Å²) in [6.45, 7) is 2.23. The molecule has 0 bridgehead atoms. The molecule has 2 rings (SSSR count). The summed E-state index contributed by atoms with van der Waals surface area (Å²) >= 11 is 0. The Hall–Kier alpha value is -2.13. The number of ether oxygens (including phenoxy) is 3. The summed E-state index contributed by atoms with van der Waals surface area (Å²) in [5.41, 5.74) is 0.00863. The van der Waals surface area contributed by atoms with Crippen molar-refractivity contribution < 1.29 is 32.2 Å². The number of esters is 2. The van der Waals surface area contributed by atoms with Crippen molar-refractivity contribution in [1.29, 1.82) is 0 Å². The Morgan fingerprint density at radius 1 is 1.16 bits per heavy atom. The summed E-state index contributed by atoms with van der Waals surface area (Å²) in [7, 11) is -1.24. The molecule has 0 aromatic heterocycles. The van der Waals surface area contributed by atoms with Crippen LogP contribution in [0.1, 0.15) is 30.1 Å². The number of hydrogen-bond acceptors (Lipinski definition) is 7. The fourth-order valence-corrected chi connectivity index (χ4v) is 4.21. The quantitative estimate of drug-likeness (QED) is 0.693. The standard InChI is InChI=1S/C16H21NO7S/c1-11(15(18)23-3)24-16(19)12-6-7-13(22-2)14(10-12)25(20,21)17-8-4-5-9-17/h6-7,10-11H,4-5,8-9H2,1-3H3. The van der Waals surface area contributed by atoms with Gasteiger partial charge in [0.05, 0.1) is 19.8 Å². The molecule has 1 aliphatic heterocycles. The maximum atomic E-state index is 12.8. The van der Waals surface area contributed by atoms with Gasteiger partial charge in [0.15, 0.2) is 6.10 Å². The summed E-state index contributed by atoms with van der Waals surface area (Å²) in [5.74, 6) is -1.38. The van der Waals surface area contributed by atoms with Gasteiger partial charge < -0.3 is 14.2 Å². The first-order valence-corrected chi connectivity index (χ1v) is 9.22. The van der Waals surface area contributed by atoms with E-state index in [0.29, 0.717) is 13.1 Å². The van der Waals surface area contributed by atoms with E-state index in [-0.39, 0.29) is 16.2 Å². The van der Waals surface area contributed by atoms with Crippen LogP contribution in [0.15, 0.2) is 23.1 Å². The number of hydrogen-bond donors (Lipinski definition) is 0. The van der Waals surface area contributed by atoms with E-state index in [0.717, 1.165) is 12.8 Å². The van der Waals surface area contributed by atoms with Gasteiger partial charge in [0.1, 0.15) is 10.6 Å². The normalized spacial score (nSPS) is 16.3. The maximum Gasteiger partial charge on any atom is 0.346 e. The van der Waals surface area contributed by atoms with E-state index < -0.39 is 28.1 Å². The Labute approximate surface area is 146 Å². The molecule has 1 fully saturated rings. The van der Waals surface area contributed by atoms with Crippen molar-refractivity contribution in [2.24, 2.45) is 0 Å². The number of carbonyl (C=O) groups excluding carboxylic acids is 2. The lowest BCUT2D eigenvalue weighted by Crippen LogP contribution is -2.29. The monoisotopic (exact) mass is 371 g/mol. The summed E-state index contributed by atoms with van der Waals surface area (Å²) in [6, 6.07) is 3.98. The predicted octanol–water partition coefficient (Wildman–Crippen LogP) is 1.20. The number of sulfonamides is 1. The number of methoxy groups -OCH3 is 2. The van der Waals surface area contributed by atoms with Gasteiger partial charge in [0.25, 0.3) is 0 Å². The minimum atomic E-state index is -3.78. The largest absolute Gasteiger partial charge is 0.495 e. The fourth-order valence-electron chi connectivity index (χ4n) is 2.52. The molecule has 1 aromatic carbocycles. The summed E-state index contributed by atoms with van der Waals surface area (Å²) < 4.78 is 41.5. The Morgan fingerprint density at radius 3 is 2.36 bits per heavy atom. The van der Waals surface area contributed by atoms with Gasteiger partial charge in [-0.05, 0) is 38.0 Å². The van der Waals surface area contributed by atoms with Crippen LogP contribution in [-0.4, -0.2) is 58.1 Å². The van der Waals surface area contributed by atoms with E-state index in [4.69, 9.17) is 9.47 Å². The molecule has 1 heterocycles. The van der Waals surface area contributed by atoms with E-state index in [2.05, 4.69) is 4.74 Å². The van der Waals surface area contributed by atoms with Crippen LogP contribution in [0.4, 0.5) is 0 Å². The summed E-state index contributed by atoms with van der Waals surface area (Å²) in [5, 5.41) is 0. The number of benzene rings is 1. The third-order valence-electron chi connectivity index (χ3n) is 3.90. The number of nitrogens with zero attached hydrogens (tertiary/aromatic N) is 1. The van der Waals surface area contributed by atoms with Gasteiger partial charge in [-0.3, -0.25) is 0 Å². The highest BCUT2D eigenvalue weighted by atomic mass is 32.2. The van der Waals surface area contributed by atoms with Crippen molar-refractivity contribution in [3.05, 3.63) is 23.8 Å². The molecule has 9 heteroatoms. The summed E-state index contributed by atoms with van der Waals surface area (Å²) in [4.78, 5) is 23.5. The average Bonchev–Trinajstić information content (AvgIpc) is 3.15. The second-order valence-electron chi connectivity index (χ2n) is 5.55. The Kier molecular flexibility index (Phi) is 6.02. The van der Waals surface area contributed by atoms with Crippen LogP contribution in [-0.2, 0) is 24.3 Å². The zero-order valence-corrected chi connectivity index (χ0v) is 15.2. The minimum absolute atomic E-state index is 0.00863. The van der Waals surface area contributed by atoms with Gasteiger partial charge in [0, 0.05) is 13.1 Å². The lowest BCUT2D eigenvalue weighted by Gasteiger charge is -2.18. The topological polar surface area (TPSA) is 99.2 Å². The van der Waals surface area contributed by atoms with E-state index in [1.165, 1.54) is 43.6 Å². The van der Waals surface area contributed by atoms with Crippen molar-refractivity contribution in [3.8, 4) is 5.75 Å². The fraction of sp³-hybridized carbons (Fsp3) is 0.500. The molecule has 1 unspecified atom stereocenters. The third-order valence-corrected chi connectivity index (χ3v) is 5.82. The van der Waals surface area contributed by atoms with Gasteiger partial charge in [-0.2, -0.15) is 4.31 Å². The van der Waals surface area contributed by atoms with Gasteiger partial charge >= 0.3 is 11.9 Å². The van der Waals surface area contributed by atoms with Crippen molar-refractivity contribution in [1.82, 2.24) is 4.31 Å². The first-order valence-electron chi connectivity index (χ1n) is 7.78. The van der Waals surface area contributed by atoms with Crippen molar-refractivity contribution in [3.63, 3.8) is 0 Å². The second-order valence-corrected chi connectivity index (χ2v) is 7.45. The molecule has 0 radical (unpaired) electrons. The van der Waals surface area contributed by atoms with Crippen LogP contribution in [0.5, 0.6) is 5.75 Å². The first-order chi connectivity index (χ1) is 11.8. The van der Waals surface area contributed by atoms with Crippen LogP contribution in [0.3, 0.4) is 0 Å². The molecule has 0 amide bonds. The van der Waals surface area contributed by atoms with Gasteiger partial charge in [0.2, 0.25) is 10.0 Å². The lowest BCUT2D eigenvalue weighted by molar-refractivity contribution is -0.149. The molecular formula is C16H21NO7S. The zero-order chi connectivity index (χ0) is 18.6. The Balaban J connectivity index is 2.33. The highest BCUT2D eigenvalue weighted by Gasteiger charge is 2.31. The first kappa shape index (κ1) is 19.2. The molecule has 1 aliphatic rings. The molecule has 0 spiro atoms. The SMILES string of the molecule is COC(=O)C(C)OC(=O)c1ccc(OC)c(S(=O)(=O)N2CCCC2)c1. The van der Waals surface area contributed by atoms with E-state index >= 15 is 0 Å². The van der Waals surface area contributed by atoms with Crippen LogP contribution >= 0.6 is 0 Å². The average molecular weight is 371 g/mol. The van der Waals surface area contributed by atoms with Gasteiger partial charge in [-0.1, -0.05) is 0 Å². The van der Waals surface area contributed by atoms with E-state index in [9.17, 15) is 18.0 Å². The Bertz CT molecular complexity index is 754. The molecule has 8 nitrogen and oxygen atoms in total.